The van der Waals surface area contributed by atoms with Crippen molar-refractivity contribution in [1.82, 2.24) is 19.7 Å². The van der Waals surface area contributed by atoms with Crippen molar-refractivity contribution in [1.29, 1.82) is 0 Å². The molecule has 0 saturated heterocycles. The Bertz CT molecular complexity index is 557. The van der Waals surface area contributed by atoms with Crippen LogP contribution in [0.25, 0.3) is 0 Å². The largest absolute Gasteiger partial charge is 0.406 e. The van der Waals surface area contributed by atoms with Gasteiger partial charge in [-0.1, -0.05) is 0 Å². The van der Waals surface area contributed by atoms with Crippen LogP contribution < -0.4 is 4.90 Å². The number of anilines is 1. The third kappa shape index (κ3) is 3.52. The van der Waals surface area contributed by atoms with E-state index in [4.69, 9.17) is 0 Å². The van der Waals surface area contributed by atoms with Gasteiger partial charge < -0.3 is 9.47 Å². The summed E-state index contributed by atoms with van der Waals surface area (Å²) in [6.45, 7) is 3.67. The van der Waals surface area contributed by atoms with Gasteiger partial charge in [-0.05, 0) is 13.8 Å². The van der Waals surface area contributed by atoms with Crippen molar-refractivity contribution >= 4 is 5.82 Å². The van der Waals surface area contributed by atoms with Crippen molar-refractivity contribution in [3.05, 3.63) is 30.0 Å². The molecule has 0 amide bonds. The van der Waals surface area contributed by atoms with E-state index >= 15 is 0 Å². The number of alkyl halides is 3. The number of nitrogens with one attached hydrogen (secondary N) is 1. The first-order valence-corrected chi connectivity index (χ1v) is 6.22. The van der Waals surface area contributed by atoms with Crippen molar-refractivity contribution in [2.75, 3.05) is 11.4 Å². The van der Waals surface area contributed by atoms with E-state index in [1.165, 1.54) is 12.4 Å². The second-order valence-corrected chi connectivity index (χ2v) is 4.51. The summed E-state index contributed by atoms with van der Waals surface area (Å²) in [7, 11) is 0. The minimum atomic E-state index is -4.25. The van der Waals surface area contributed by atoms with Gasteiger partial charge in [-0.3, -0.25) is 5.10 Å². The Hall–Kier alpha value is -1.99. The van der Waals surface area contributed by atoms with Gasteiger partial charge in [-0.2, -0.15) is 18.3 Å². The zero-order valence-corrected chi connectivity index (χ0v) is 11.3. The molecule has 0 aliphatic carbocycles. The van der Waals surface area contributed by atoms with Crippen LogP contribution in [0.2, 0.25) is 0 Å². The molecular formula is C12H16F3N5. The Balaban J connectivity index is 2.14. The van der Waals surface area contributed by atoms with Crippen LogP contribution in [0, 0.1) is 6.92 Å². The topological polar surface area (TPSA) is 49.7 Å². The van der Waals surface area contributed by atoms with Crippen molar-refractivity contribution in [3.8, 4) is 0 Å². The first kappa shape index (κ1) is 14.4. The molecule has 8 heteroatoms. The fourth-order valence-corrected chi connectivity index (χ4v) is 1.92. The zero-order valence-electron chi connectivity index (χ0n) is 11.3. The molecule has 0 aromatic carbocycles. The maximum atomic E-state index is 12.5. The van der Waals surface area contributed by atoms with Gasteiger partial charge in [0.15, 0.2) is 5.82 Å². The normalized spacial score (nSPS) is 11.8. The molecule has 0 aliphatic heterocycles. The van der Waals surface area contributed by atoms with Crippen molar-refractivity contribution < 1.29 is 13.2 Å². The van der Waals surface area contributed by atoms with E-state index < -0.39 is 12.7 Å². The molecule has 2 aromatic heterocycles. The van der Waals surface area contributed by atoms with Gasteiger partial charge in [-0.25, -0.2) is 4.98 Å². The molecule has 0 saturated carbocycles. The van der Waals surface area contributed by atoms with E-state index in [1.54, 1.807) is 0 Å². The molecule has 0 spiro atoms. The first-order valence-electron chi connectivity index (χ1n) is 6.22. The van der Waals surface area contributed by atoms with E-state index in [2.05, 4.69) is 15.2 Å². The summed E-state index contributed by atoms with van der Waals surface area (Å²) >= 11 is 0. The zero-order chi connectivity index (χ0) is 14.8. The standard InChI is InChI=1S/C12H16F3N5/c1-3-19(10-6-9(2)17-18-10)7-11-16-4-5-20(11)8-12(13,14)15/h4-6H,3,7-8H2,1-2H3,(H,17,18). The lowest BCUT2D eigenvalue weighted by molar-refractivity contribution is -0.141. The van der Waals surface area contributed by atoms with E-state index in [-0.39, 0.29) is 6.54 Å². The maximum absolute atomic E-state index is 12.5. The van der Waals surface area contributed by atoms with Crippen LogP contribution in [0.15, 0.2) is 18.5 Å². The summed E-state index contributed by atoms with van der Waals surface area (Å²) in [5, 5.41) is 6.93. The second-order valence-electron chi connectivity index (χ2n) is 4.51. The predicted molar refractivity (Wildman–Crippen MR) is 68.3 cm³/mol. The van der Waals surface area contributed by atoms with E-state index in [0.717, 1.165) is 10.3 Å². The van der Waals surface area contributed by atoms with Crippen LogP contribution >= 0.6 is 0 Å². The molecule has 5 nitrogen and oxygen atoms in total. The summed E-state index contributed by atoms with van der Waals surface area (Å²) in [6.07, 6.45) is -1.54. The Morgan fingerprint density at radius 3 is 2.70 bits per heavy atom. The van der Waals surface area contributed by atoms with Crippen LogP contribution in [-0.4, -0.2) is 32.5 Å². The summed E-state index contributed by atoms with van der Waals surface area (Å²) in [5.41, 5.74) is 0.900. The number of hydrogen-bond donors (Lipinski definition) is 1. The monoisotopic (exact) mass is 287 g/mol. The maximum Gasteiger partial charge on any atom is 0.406 e. The summed E-state index contributed by atoms with van der Waals surface area (Å²) in [6, 6.07) is 1.85. The van der Waals surface area contributed by atoms with Gasteiger partial charge in [0.25, 0.3) is 0 Å². The number of aryl methyl sites for hydroxylation is 1. The Labute approximate surface area is 114 Å². The summed E-state index contributed by atoms with van der Waals surface area (Å²) < 4.78 is 38.5. The number of rotatable bonds is 5. The lowest BCUT2D eigenvalue weighted by Crippen LogP contribution is -2.26. The Kier molecular flexibility index (Phi) is 4.01. The Morgan fingerprint density at radius 1 is 1.40 bits per heavy atom. The lowest BCUT2D eigenvalue weighted by atomic mass is 10.4. The van der Waals surface area contributed by atoms with Gasteiger partial charge in [-0.15, -0.1) is 0 Å². The van der Waals surface area contributed by atoms with Crippen LogP contribution in [0.3, 0.4) is 0 Å². The van der Waals surface area contributed by atoms with Gasteiger partial charge in [0.1, 0.15) is 12.4 Å². The van der Waals surface area contributed by atoms with Gasteiger partial charge >= 0.3 is 6.18 Å². The smallest absolute Gasteiger partial charge is 0.348 e. The molecule has 0 unspecified atom stereocenters. The van der Waals surface area contributed by atoms with Crippen LogP contribution in [0.1, 0.15) is 18.4 Å². The molecule has 0 fully saturated rings. The van der Waals surface area contributed by atoms with Crippen molar-refractivity contribution in [3.63, 3.8) is 0 Å². The third-order valence-corrected chi connectivity index (χ3v) is 2.88. The van der Waals surface area contributed by atoms with Gasteiger partial charge in [0, 0.05) is 30.7 Å². The number of imidazole rings is 1. The highest BCUT2D eigenvalue weighted by atomic mass is 19.4. The fourth-order valence-electron chi connectivity index (χ4n) is 1.92. The minimum Gasteiger partial charge on any atom is -0.348 e. The quantitative estimate of drug-likeness (QED) is 0.919. The molecule has 1 N–H and O–H groups in total. The number of H-pyrrole nitrogens is 1. The fraction of sp³-hybridized carbons (Fsp3) is 0.500. The summed E-state index contributed by atoms with van der Waals surface area (Å²) in [5.74, 6) is 1.07. The highest BCUT2D eigenvalue weighted by molar-refractivity contribution is 5.38. The number of aromatic nitrogens is 4. The van der Waals surface area contributed by atoms with E-state index in [9.17, 15) is 13.2 Å². The van der Waals surface area contributed by atoms with E-state index in [0.29, 0.717) is 18.2 Å². The minimum absolute atomic E-state index is 0.282. The van der Waals surface area contributed by atoms with Crippen LogP contribution in [-0.2, 0) is 13.1 Å². The molecule has 110 valence electrons. The predicted octanol–water partition coefficient (Wildman–Crippen LogP) is 2.50. The van der Waals surface area contributed by atoms with Crippen LogP contribution in [0.5, 0.6) is 0 Å². The number of aromatic amines is 1. The van der Waals surface area contributed by atoms with Crippen molar-refractivity contribution in [2.45, 2.75) is 33.1 Å². The molecule has 0 atom stereocenters. The second kappa shape index (κ2) is 5.56. The first-order chi connectivity index (χ1) is 9.39. The van der Waals surface area contributed by atoms with Crippen LogP contribution in [0.4, 0.5) is 19.0 Å². The highest BCUT2D eigenvalue weighted by Crippen LogP contribution is 2.20. The van der Waals surface area contributed by atoms with Gasteiger partial charge in [0.05, 0.1) is 6.54 Å². The molecule has 2 rings (SSSR count). The Morgan fingerprint density at radius 2 is 2.15 bits per heavy atom. The highest BCUT2D eigenvalue weighted by Gasteiger charge is 2.29. The average Bonchev–Trinajstić information content (AvgIpc) is 2.94. The molecule has 0 bridgehead atoms. The van der Waals surface area contributed by atoms with E-state index in [1.807, 2.05) is 24.8 Å². The molecule has 2 heterocycles. The number of nitrogens with zero attached hydrogens (tertiary/aromatic N) is 4. The average molecular weight is 287 g/mol. The molecular weight excluding hydrogens is 271 g/mol. The molecule has 2 aromatic rings. The number of hydrogen-bond acceptors (Lipinski definition) is 3. The molecule has 0 radical (unpaired) electrons. The van der Waals surface area contributed by atoms with Gasteiger partial charge in [0.2, 0.25) is 0 Å². The molecule has 20 heavy (non-hydrogen) atoms. The lowest BCUT2D eigenvalue weighted by Gasteiger charge is -2.20. The SMILES string of the molecule is CCN(Cc1nccn1CC(F)(F)F)c1cc(C)[nH]n1. The number of halogens is 3. The molecule has 0 aliphatic rings. The van der Waals surface area contributed by atoms with Crippen molar-refractivity contribution in [2.24, 2.45) is 0 Å². The summed E-state index contributed by atoms with van der Waals surface area (Å²) in [4.78, 5) is 5.86. The third-order valence-electron chi connectivity index (χ3n) is 2.88.